The lowest BCUT2D eigenvalue weighted by Gasteiger charge is -2.38. The number of ether oxygens (including phenoxy) is 1. The summed E-state index contributed by atoms with van der Waals surface area (Å²) in [5.74, 6) is 1.71. The molecule has 0 aromatic heterocycles. The van der Waals surface area contributed by atoms with E-state index in [1.807, 2.05) is 12.2 Å². The quantitative estimate of drug-likeness (QED) is 0.193. The summed E-state index contributed by atoms with van der Waals surface area (Å²) in [4.78, 5) is 2.32. The van der Waals surface area contributed by atoms with E-state index < -0.39 is 5.60 Å². The van der Waals surface area contributed by atoms with E-state index in [0.29, 0.717) is 11.8 Å². The largest absolute Gasteiger partial charge is 0.472 e. The molecule has 0 amide bonds. The highest BCUT2D eigenvalue weighted by atomic mass is 16.5. The van der Waals surface area contributed by atoms with E-state index in [0.717, 1.165) is 41.1 Å². The van der Waals surface area contributed by atoms with Crippen molar-refractivity contribution in [2.75, 3.05) is 4.90 Å². The molecule has 4 aromatic carbocycles. The van der Waals surface area contributed by atoms with Crippen molar-refractivity contribution in [3.63, 3.8) is 0 Å². The Bertz CT molecular complexity index is 2100. The van der Waals surface area contributed by atoms with Crippen LogP contribution in [-0.2, 0) is 5.60 Å². The first kappa shape index (κ1) is 29.1. The standard InChI is InChI=1S/C45H39NO/c1-4-6-18-34(5-2)46(35-19-11-8-12-20-35)36-27-25-33(26-28-36)45(32-16-9-7-10-17-32)30-29-37-31(3)42-39-22-14-13-21-38(39)40-23-15-24-41(43(40)42)44(37)47-45/h4-7,9-11,13-30,38-39H,1,8,12H2,2-3H3/b18-6-,34-5+. The maximum absolute atomic E-state index is 7.42. The number of fused-ring (bicyclic) bond motifs is 5. The molecule has 4 aromatic rings. The van der Waals surface area contributed by atoms with Crippen molar-refractivity contribution in [2.24, 2.45) is 0 Å². The van der Waals surface area contributed by atoms with Crippen molar-refractivity contribution in [2.45, 2.75) is 44.1 Å². The van der Waals surface area contributed by atoms with Gasteiger partial charge in [-0.15, -0.1) is 0 Å². The molecule has 3 atom stereocenters. The second-order valence-electron chi connectivity index (χ2n) is 12.7. The molecule has 1 aliphatic heterocycles. The van der Waals surface area contributed by atoms with Gasteiger partial charge in [0.2, 0.25) is 0 Å². The van der Waals surface area contributed by atoms with Crippen LogP contribution in [0.5, 0.6) is 5.75 Å². The summed E-state index contributed by atoms with van der Waals surface area (Å²) in [6.45, 7) is 8.26. The molecule has 0 saturated carbocycles. The molecule has 0 N–H and O–H groups in total. The van der Waals surface area contributed by atoms with E-state index in [4.69, 9.17) is 4.74 Å². The molecule has 47 heavy (non-hydrogen) atoms. The van der Waals surface area contributed by atoms with Crippen molar-refractivity contribution >= 4 is 22.5 Å². The molecular formula is C45H39NO. The Hall–Kier alpha value is -5.34. The van der Waals surface area contributed by atoms with Gasteiger partial charge in [-0.25, -0.2) is 0 Å². The first-order chi connectivity index (χ1) is 23.1. The average Bonchev–Trinajstić information content (AvgIpc) is 3.48. The Labute approximate surface area is 278 Å². The molecule has 4 aliphatic rings. The van der Waals surface area contributed by atoms with Crippen molar-refractivity contribution in [3.05, 3.63) is 197 Å². The number of benzene rings is 4. The van der Waals surface area contributed by atoms with Gasteiger partial charge in [0.05, 0.1) is 0 Å². The van der Waals surface area contributed by atoms with Gasteiger partial charge in [-0.2, -0.15) is 0 Å². The summed E-state index contributed by atoms with van der Waals surface area (Å²) in [6.07, 6.45) is 30.7. The number of allylic oxidation sites excluding steroid dienone is 11. The molecule has 230 valence electrons. The summed E-state index contributed by atoms with van der Waals surface area (Å²) in [5.41, 5.74) is 10.1. The number of anilines is 1. The van der Waals surface area contributed by atoms with E-state index in [2.05, 4.69) is 165 Å². The normalized spacial score (nSPS) is 22.3. The van der Waals surface area contributed by atoms with Gasteiger partial charge in [-0.1, -0.05) is 128 Å². The zero-order chi connectivity index (χ0) is 32.0. The van der Waals surface area contributed by atoms with Crippen molar-refractivity contribution < 1.29 is 4.74 Å². The van der Waals surface area contributed by atoms with Gasteiger partial charge in [0, 0.05) is 51.0 Å². The summed E-state index contributed by atoms with van der Waals surface area (Å²) in [6, 6.07) is 26.3. The maximum atomic E-state index is 7.42. The molecule has 0 fully saturated rings. The number of hydrogen-bond donors (Lipinski definition) is 0. The number of rotatable bonds is 7. The Morgan fingerprint density at radius 2 is 1.68 bits per heavy atom. The Kier molecular flexibility index (Phi) is 7.29. The monoisotopic (exact) mass is 609 g/mol. The van der Waals surface area contributed by atoms with Crippen LogP contribution in [0.25, 0.3) is 16.8 Å². The van der Waals surface area contributed by atoms with Gasteiger partial charge < -0.3 is 9.64 Å². The zero-order valence-electron chi connectivity index (χ0n) is 27.1. The SMILES string of the molecule is C=C/C=C\C(=C/C)N(C1=CCCC=C1)c1ccc(C2(c3ccccc3)C=Cc3c(C)c4c5c(cccc5c3O2)C2C=CC=CC42)cc1. The smallest absolute Gasteiger partial charge is 0.178 e. The van der Waals surface area contributed by atoms with E-state index in [1.54, 1.807) is 0 Å². The lowest BCUT2D eigenvalue weighted by Crippen LogP contribution is -2.34. The lowest BCUT2D eigenvalue weighted by atomic mass is 9.81. The van der Waals surface area contributed by atoms with Crippen LogP contribution in [0.3, 0.4) is 0 Å². The third-order valence-corrected chi connectivity index (χ3v) is 10.2. The topological polar surface area (TPSA) is 12.5 Å². The molecule has 3 aliphatic carbocycles. The minimum Gasteiger partial charge on any atom is -0.472 e. The third-order valence-electron chi connectivity index (χ3n) is 10.2. The summed E-state index contributed by atoms with van der Waals surface area (Å²) in [5, 5.41) is 2.56. The minimum absolute atomic E-state index is 0.368. The van der Waals surface area contributed by atoms with E-state index in [1.165, 1.54) is 38.7 Å². The van der Waals surface area contributed by atoms with Crippen LogP contribution < -0.4 is 9.64 Å². The maximum Gasteiger partial charge on any atom is 0.178 e. The number of nitrogens with zero attached hydrogens (tertiary/aromatic N) is 1. The molecule has 0 bridgehead atoms. The second kappa shape index (κ2) is 11.8. The molecule has 2 nitrogen and oxygen atoms in total. The van der Waals surface area contributed by atoms with Gasteiger partial charge in [0.25, 0.3) is 0 Å². The summed E-state index contributed by atoms with van der Waals surface area (Å²) < 4.78 is 7.42. The molecule has 2 heteroatoms. The molecule has 0 radical (unpaired) electrons. The van der Waals surface area contributed by atoms with Gasteiger partial charge in [-0.3, -0.25) is 0 Å². The molecule has 0 spiro atoms. The molecule has 8 rings (SSSR count). The van der Waals surface area contributed by atoms with Crippen LogP contribution in [0.1, 0.15) is 65.0 Å². The highest BCUT2D eigenvalue weighted by molar-refractivity contribution is 6.01. The van der Waals surface area contributed by atoms with Crippen LogP contribution in [0.4, 0.5) is 5.69 Å². The zero-order valence-corrected chi connectivity index (χ0v) is 27.1. The van der Waals surface area contributed by atoms with Crippen LogP contribution in [0.15, 0.2) is 164 Å². The molecule has 1 heterocycles. The Balaban J connectivity index is 1.28. The van der Waals surface area contributed by atoms with Gasteiger partial charge >= 0.3 is 0 Å². The van der Waals surface area contributed by atoms with Crippen LogP contribution in [0, 0.1) is 6.92 Å². The van der Waals surface area contributed by atoms with Crippen molar-refractivity contribution in [1.82, 2.24) is 0 Å². The Morgan fingerprint density at radius 1 is 0.894 bits per heavy atom. The first-order valence-corrected chi connectivity index (χ1v) is 16.7. The molecular weight excluding hydrogens is 571 g/mol. The molecule has 0 saturated heterocycles. The highest BCUT2D eigenvalue weighted by Crippen LogP contribution is 2.56. The predicted molar refractivity (Wildman–Crippen MR) is 198 cm³/mol. The fourth-order valence-corrected chi connectivity index (χ4v) is 7.99. The minimum atomic E-state index is -0.786. The van der Waals surface area contributed by atoms with Gasteiger partial charge in [0.1, 0.15) is 5.75 Å². The first-order valence-electron chi connectivity index (χ1n) is 16.7. The predicted octanol–water partition coefficient (Wildman–Crippen LogP) is 11.5. The summed E-state index contributed by atoms with van der Waals surface area (Å²) in [7, 11) is 0. The van der Waals surface area contributed by atoms with Gasteiger partial charge in [0.15, 0.2) is 5.60 Å². The van der Waals surface area contributed by atoms with Gasteiger partial charge in [-0.05, 0) is 79.1 Å². The van der Waals surface area contributed by atoms with E-state index in [9.17, 15) is 0 Å². The lowest BCUT2D eigenvalue weighted by molar-refractivity contribution is 0.163. The highest BCUT2D eigenvalue weighted by Gasteiger charge is 2.41. The van der Waals surface area contributed by atoms with Crippen LogP contribution in [0.2, 0.25) is 0 Å². The van der Waals surface area contributed by atoms with E-state index in [-0.39, 0.29) is 0 Å². The molecule has 3 unspecified atom stereocenters. The number of hydrogen-bond acceptors (Lipinski definition) is 2. The van der Waals surface area contributed by atoms with E-state index >= 15 is 0 Å². The fraction of sp³-hybridized carbons (Fsp3) is 0.156. The van der Waals surface area contributed by atoms with Crippen molar-refractivity contribution in [1.29, 1.82) is 0 Å². The second-order valence-corrected chi connectivity index (χ2v) is 12.7. The fourth-order valence-electron chi connectivity index (χ4n) is 7.99. The average molecular weight is 610 g/mol. The summed E-state index contributed by atoms with van der Waals surface area (Å²) >= 11 is 0. The van der Waals surface area contributed by atoms with Crippen LogP contribution >= 0.6 is 0 Å². The Morgan fingerprint density at radius 3 is 2.43 bits per heavy atom. The van der Waals surface area contributed by atoms with Crippen LogP contribution in [-0.4, -0.2) is 0 Å². The third kappa shape index (κ3) is 4.62. The van der Waals surface area contributed by atoms with Crippen molar-refractivity contribution in [3.8, 4) is 5.75 Å².